The molecule has 0 radical (unpaired) electrons. The van der Waals surface area contributed by atoms with Gasteiger partial charge in [0, 0.05) is 26.2 Å². The maximum absolute atomic E-state index is 12.4. The van der Waals surface area contributed by atoms with Gasteiger partial charge in [0.1, 0.15) is 0 Å². The Kier molecular flexibility index (Phi) is 6.92. The Morgan fingerprint density at radius 3 is 2.62 bits per heavy atom. The molecule has 2 heterocycles. The summed E-state index contributed by atoms with van der Waals surface area (Å²) in [6, 6.07) is 9.92. The number of rotatable bonds is 6. The van der Waals surface area contributed by atoms with E-state index >= 15 is 0 Å². The van der Waals surface area contributed by atoms with Gasteiger partial charge in [-0.05, 0) is 56.2 Å². The van der Waals surface area contributed by atoms with E-state index in [9.17, 15) is 9.90 Å². The number of amides is 2. The van der Waals surface area contributed by atoms with Gasteiger partial charge in [-0.2, -0.15) is 0 Å². The number of carbonyl (C=O) groups is 1. The van der Waals surface area contributed by atoms with E-state index in [1.807, 2.05) is 35.2 Å². The van der Waals surface area contributed by atoms with Crippen LogP contribution in [0, 0.1) is 11.8 Å². The predicted octanol–water partition coefficient (Wildman–Crippen LogP) is 2.87. The number of nitrogens with zero attached hydrogens (tertiary/aromatic N) is 2. The first-order chi connectivity index (χ1) is 12.7. The number of nitrogens with one attached hydrogen (secondary N) is 1. The molecule has 2 N–H and O–H groups in total. The average Bonchev–Trinajstić information content (AvgIpc) is 3.14. The van der Waals surface area contributed by atoms with Crippen LogP contribution in [0.4, 0.5) is 4.79 Å². The summed E-state index contributed by atoms with van der Waals surface area (Å²) < 4.78 is 0. The lowest BCUT2D eigenvalue weighted by Crippen LogP contribution is -2.46. The summed E-state index contributed by atoms with van der Waals surface area (Å²) in [6.45, 7) is 7.90. The van der Waals surface area contributed by atoms with Gasteiger partial charge in [0.15, 0.2) is 0 Å². The predicted molar refractivity (Wildman–Crippen MR) is 104 cm³/mol. The molecule has 0 aliphatic carbocycles. The molecule has 1 aromatic carbocycles. The maximum atomic E-state index is 12.4. The topological polar surface area (TPSA) is 55.8 Å². The fourth-order valence-corrected chi connectivity index (χ4v) is 4.28. The molecular weight excluding hydrogens is 326 g/mol. The molecule has 5 nitrogen and oxygen atoms in total. The van der Waals surface area contributed by atoms with Crippen LogP contribution in [0.15, 0.2) is 30.3 Å². The summed E-state index contributed by atoms with van der Waals surface area (Å²) >= 11 is 0. The van der Waals surface area contributed by atoms with Crippen molar-refractivity contribution in [3.63, 3.8) is 0 Å². The van der Waals surface area contributed by atoms with Crippen molar-refractivity contribution < 1.29 is 9.90 Å². The summed E-state index contributed by atoms with van der Waals surface area (Å²) in [4.78, 5) is 16.9. The minimum Gasteiger partial charge on any atom is -0.388 e. The van der Waals surface area contributed by atoms with E-state index in [0.717, 1.165) is 51.1 Å². The van der Waals surface area contributed by atoms with E-state index in [1.165, 1.54) is 19.4 Å². The summed E-state index contributed by atoms with van der Waals surface area (Å²) in [7, 11) is 0. The SMILES string of the molecule is CCCN1CCC(CNC(=O)N2CCC(C(O)c3ccccc3)CC2)C1. The number of hydrogen-bond donors (Lipinski definition) is 2. The Morgan fingerprint density at radius 2 is 1.92 bits per heavy atom. The minimum absolute atomic E-state index is 0.0617. The molecule has 2 unspecified atom stereocenters. The Morgan fingerprint density at radius 1 is 1.19 bits per heavy atom. The number of urea groups is 1. The number of benzene rings is 1. The molecule has 0 bridgehead atoms. The molecule has 0 aromatic heterocycles. The summed E-state index contributed by atoms with van der Waals surface area (Å²) in [5, 5.41) is 13.7. The fourth-order valence-electron chi connectivity index (χ4n) is 4.28. The van der Waals surface area contributed by atoms with E-state index in [0.29, 0.717) is 5.92 Å². The standard InChI is InChI=1S/C21H33N3O2/c1-2-11-23-12-8-17(16-23)15-22-21(26)24-13-9-19(10-14-24)20(25)18-6-4-3-5-7-18/h3-7,17,19-20,25H,2,8-16H2,1H3,(H,22,26). The number of aliphatic hydroxyl groups excluding tert-OH is 1. The van der Waals surface area contributed by atoms with Gasteiger partial charge in [-0.15, -0.1) is 0 Å². The van der Waals surface area contributed by atoms with Gasteiger partial charge >= 0.3 is 6.03 Å². The van der Waals surface area contributed by atoms with E-state index in [2.05, 4.69) is 17.1 Å². The largest absolute Gasteiger partial charge is 0.388 e. The number of likely N-dealkylation sites (tertiary alicyclic amines) is 2. The highest BCUT2D eigenvalue weighted by molar-refractivity contribution is 5.74. The van der Waals surface area contributed by atoms with Gasteiger partial charge in [0.05, 0.1) is 6.10 Å². The first-order valence-electron chi connectivity index (χ1n) is 10.2. The highest BCUT2D eigenvalue weighted by Crippen LogP contribution is 2.30. The molecule has 2 aliphatic rings. The Balaban J connectivity index is 1.38. The van der Waals surface area contributed by atoms with Gasteiger partial charge in [0.2, 0.25) is 0 Å². The average molecular weight is 360 g/mol. The second-order valence-corrected chi connectivity index (χ2v) is 7.82. The smallest absolute Gasteiger partial charge is 0.317 e. The van der Waals surface area contributed by atoms with Gasteiger partial charge < -0.3 is 20.2 Å². The van der Waals surface area contributed by atoms with Crippen LogP contribution in [-0.2, 0) is 0 Å². The van der Waals surface area contributed by atoms with Gasteiger partial charge in [-0.1, -0.05) is 37.3 Å². The third kappa shape index (κ3) is 4.98. The second-order valence-electron chi connectivity index (χ2n) is 7.82. The van der Waals surface area contributed by atoms with Crippen molar-refractivity contribution in [3.8, 4) is 0 Å². The summed E-state index contributed by atoms with van der Waals surface area (Å²) in [5.41, 5.74) is 0.980. The van der Waals surface area contributed by atoms with Crippen LogP contribution in [0.3, 0.4) is 0 Å². The monoisotopic (exact) mass is 359 g/mol. The van der Waals surface area contributed by atoms with Crippen molar-refractivity contribution in [2.24, 2.45) is 11.8 Å². The number of carbonyl (C=O) groups excluding carboxylic acids is 1. The van der Waals surface area contributed by atoms with E-state index in [-0.39, 0.29) is 11.9 Å². The normalized spacial score (nSPS) is 23.2. The molecule has 2 atom stereocenters. The first kappa shape index (κ1) is 19.2. The van der Waals surface area contributed by atoms with Crippen molar-refractivity contribution in [3.05, 3.63) is 35.9 Å². The highest BCUT2D eigenvalue weighted by atomic mass is 16.3. The molecule has 0 spiro atoms. The maximum Gasteiger partial charge on any atom is 0.317 e. The lowest BCUT2D eigenvalue weighted by atomic mass is 9.87. The minimum atomic E-state index is -0.426. The van der Waals surface area contributed by atoms with Crippen LogP contribution >= 0.6 is 0 Å². The van der Waals surface area contributed by atoms with Crippen LogP contribution in [0.25, 0.3) is 0 Å². The Labute approximate surface area is 157 Å². The first-order valence-corrected chi connectivity index (χ1v) is 10.2. The summed E-state index contributed by atoms with van der Waals surface area (Å²) in [5.74, 6) is 0.821. The van der Waals surface area contributed by atoms with E-state index in [1.54, 1.807) is 0 Å². The number of piperidine rings is 1. The van der Waals surface area contributed by atoms with Crippen molar-refractivity contribution in [1.29, 1.82) is 0 Å². The quantitative estimate of drug-likeness (QED) is 0.821. The molecule has 1 aromatic rings. The Hall–Kier alpha value is -1.59. The highest BCUT2D eigenvalue weighted by Gasteiger charge is 2.29. The van der Waals surface area contributed by atoms with Crippen LogP contribution in [0.2, 0.25) is 0 Å². The van der Waals surface area contributed by atoms with E-state index < -0.39 is 6.10 Å². The lowest BCUT2D eigenvalue weighted by Gasteiger charge is -2.34. The molecule has 26 heavy (non-hydrogen) atoms. The Bertz CT molecular complexity index is 558. The zero-order valence-electron chi connectivity index (χ0n) is 15.9. The van der Waals surface area contributed by atoms with Crippen molar-refractivity contribution >= 4 is 6.03 Å². The van der Waals surface area contributed by atoms with Crippen LogP contribution in [0.5, 0.6) is 0 Å². The van der Waals surface area contributed by atoms with E-state index in [4.69, 9.17) is 0 Å². The fraction of sp³-hybridized carbons (Fsp3) is 0.667. The number of hydrogen-bond acceptors (Lipinski definition) is 3. The van der Waals surface area contributed by atoms with Crippen LogP contribution in [-0.4, -0.2) is 60.2 Å². The lowest BCUT2D eigenvalue weighted by molar-refractivity contribution is 0.0664. The van der Waals surface area contributed by atoms with Crippen molar-refractivity contribution in [2.45, 2.75) is 38.7 Å². The molecule has 3 rings (SSSR count). The van der Waals surface area contributed by atoms with Crippen molar-refractivity contribution in [1.82, 2.24) is 15.1 Å². The third-order valence-corrected chi connectivity index (χ3v) is 5.87. The molecule has 5 heteroatoms. The zero-order valence-corrected chi connectivity index (χ0v) is 15.9. The summed E-state index contributed by atoms with van der Waals surface area (Å²) in [6.07, 6.45) is 3.67. The molecule has 144 valence electrons. The third-order valence-electron chi connectivity index (χ3n) is 5.87. The molecule has 2 amide bonds. The second kappa shape index (κ2) is 9.38. The van der Waals surface area contributed by atoms with Crippen LogP contribution < -0.4 is 5.32 Å². The van der Waals surface area contributed by atoms with Gasteiger partial charge in [-0.25, -0.2) is 4.79 Å². The van der Waals surface area contributed by atoms with Crippen molar-refractivity contribution in [2.75, 3.05) is 39.3 Å². The zero-order chi connectivity index (χ0) is 18.4. The molecule has 2 aliphatic heterocycles. The van der Waals surface area contributed by atoms with Crippen LogP contribution in [0.1, 0.15) is 44.3 Å². The molecular formula is C21H33N3O2. The molecule has 0 saturated carbocycles. The molecule has 2 saturated heterocycles. The molecule has 2 fully saturated rings. The number of aliphatic hydroxyl groups is 1. The van der Waals surface area contributed by atoms with Gasteiger partial charge in [0.25, 0.3) is 0 Å². The van der Waals surface area contributed by atoms with Gasteiger partial charge in [-0.3, -0.25) is 0 Å².